The van der Waals surface area contributed by atoms with Crippen LogP contribution in [0.25, 0.3) is 10.6 Å². The van der Waals surface area contributed by atoms with E-state index in [0.717, 1.165) is 27.8 Å². The molecule has 0 saturated heterocycles. The number of methoxy groups -OCH3 is 1. The molecule has 15 heteroatoms. The van der Waals surface area contributed by atoms with Gasteiger partial charge in [0.1, 0.15) is 34.2 Å². The first kappa shape index (κ1) is 40.8. The number of rotatable bonds is 13. The van der Waals surface area contributed by atoms with E-state index >= 15 is 0 Å². The Kier molecular flexibility index (Phi) is 13.3. The molecule has 53 heavy (non-hydrogen) atoms. The highest BCUT2D eigenvalue weighted by atomic mass is 32.1. The Morgan fingerprint density at radius 2 is 1.49 bits per heavy atom. The molecule has 0 saturated carbocycles. The summed E-state index contributed by atoms with van der Waals surface area (Å²) in [6, 6.07) is 20.8. The number of ether oxygens (including phenoxy) is 2. The zero-order valence-electron chi connectivity index (χ0n) is 30.7. The van der Waals surface area contributed by atoms with Gasteiger partial charge in [0.05, 0.1) is 26.0 Å². The molecule has 4 N–H and O–H groups in total. The topological polar surface area (TPSA) is 165 Å². The van der Waals surface area contributed by atoms with Crippen LogP contribution in [0.15, 0.2) is 84.2 Å². The Labute approximate surface area is 313 Å². The molecule has 0 aliphatic carbocycles. The van der Waals surface area contributed by atoms with Gasteiger partial charge in [-0.15, -0.1) is 11.3 Å². The number of carbonyl (C=O) groups is 4. The van der Waals surface area contributed by atoms with E-state index in [9.17, 15) is 28.7 Å². The molecule has 2 unspecified atom stereocenters. The first-order valence-corrected chi connectivity index (χ1v) is 19.6. The molecule has 3 aromatic carbocycles. The van der Waals surface area contributed by atoms with Crippen LogP contribution in [0.3, 0.4) is 0 Å². The van der Waals surface area contributed by atoms with Gasteiger partial charge in [-0.2, -0.15) is 0 Å². The number of aliphatic hydroxyl groups excluding tert-OH is 1. The Balaban J connectivity index is 1.48. The fourth-order valence-corrected chi connectivity index (χ4v) is 11.0. The molecule has 0 bridgehead atoms. The summed E-state index contributed by atoms with van der Waals surface area (Å²) in [6.45, 7) is 10.2. The number of hydrogen-bond donors (Lipinski definition) is 4. The van der Waals surface area contributed by atoms with E-state index in [1.54, 1.807) is 20.8 Å². The van der Waals surface area contributed by atoms with Gasteiger partial charge in [-0.05, 0) is 54.4 Å². The van der Waals surface area contributed by atoms with E-state index in [1.165, 1.54) is 24.6 Å². The normalized spacial score (nSPS) is 13.0. The molecule has 0 spiro atoms. The lowest BCUT2D eigenvalue weighted by Gasteiger charge is -2.43. The Hall–Kier alpha value is -4.96. The van der Waals surface area contributed by atoms with Crippen molar-refractivity contribution in [1.82, 2.24) is 15.6 Å². The smallest absolute Gasteiger partial charge is 0.412 e. The van der Waals surface area contributed by atoms with Crippen molar-refractivity contribution in [3.05, 3.63) is 95.8 Å². The maximum atomic E-state index is 14.9. The molecule has 0 fully saturated rings. The fourth-order valence-electron chi connectivity index (χ4n) is 5.65. The summed E-state index contributed by atoms with van der Waals surface area (Å²) in [5.41, 5.74) is -0.625. The fraction of sp³-hybridized carbons (Fsp3) is 0.342. The van der Waals surface area contributed by atoms with Crippen molar-refractivity contribution in [2.24, 2.45) is 0 Å². The molecule has 282 valence electrons. The number of aromatic nitrogens is 1. The molecule has 0 aliphatic heterocycles. The van der Waals surface area contributed by atoms with Gasteiger partial charge in [-0.25, -0.2) is 19.0 Å². The second-order valence-corrected chi connectivity index (χ2v) is 19.3. The number of anilines is 1. The average molecular weight is 765 g/mol. The Morgan fingerprint density at radius 1 is 0.887 bits per heavy atom. The lowest BCUT2D eigenvalue weighted by atomic mass is 10.2. The number of hydrogen-bond acceptors (Lipinski definition) is 10. The van der Waals surface area contributed by atoms with E-state index in [0.29, 0.717) is 5.56 Å². The van der Waals surface area contributed by atoms with Gasteiger partial charge < -0.3 is 29.6 Å². The molecule has 1 heterocycles. The zero-order valence-corrected chi connectivity index (χ0v) is 32.5. The zero-order chi connectivity index (χ0) is 39.0. The second-order valence-electron chi connectivity index (χ2n) is 14.1. The first-order chi connectivity index (χ1) is 25.0. The summed E-state index contributed by atoms with van der Waals surface area (Å²) >= 11 is 1.05. The maximum absolute atomic E-state index is 14.9. The molecular formula is C38H45FN4O8SSi. The van der Waals surface area contributed by atoms with Crippen LogP contribution in [0, 0.1) is 5.82 Å². The van der Waals surface area contributed by atoms with Crippen LogP contribution in [-0.2, 0) is 23.5 Å². The lowest BCUT2D eigenvalue weighted by Crippen LogP contribution is -2.68. The van der Waals surface area contributed by atoms with E-state index in [4.69, 9.17) is 13.9 Å². The van der Waals surface area contributed by atoms with Gasteiger partial charge in [0.15, 0.2) is 0 Å². The minimum atomic E-state index is -3.11. The summed E-state index contributed by atoms with van der Waals surface area (Å²) in [5, 5.41) is 20.7. The number of nitrogens with zero attached hydrogens (tertiary/aromatic N) is 1. The van der Waals surface area contributed by atoms with Crippen LogP contribution in [0.1, 0.15) is 52.0 Å². The van der Waals surface area contributed by atoms with Crippen LogP contribution >= 0.6 is 11.3 Å². The van der Waals surface area contributed by atoms with Gasteiger partial charge >= 0.3 is 12.1 Å². The van der Waals surface area contributed by atoms with E-state index in [-0.39, 0.29) is 23.0 Å². The predicted molar refractivity (Wildman–Crippen MR) is 203 cm³/mol. The summed E-state index contributed by atoms with van der Waals surface area (Å²) in [7, 11) is -1.92. The Bertz CT molecular complexity index is 1860. The third-order valence-electron chi connectivity index (χ3n) is 8.08. The number of benzene rings is 3. The highest BCUT2D eigenvalue weighted by Crippen LogP contribution is 2.37. The van der Waals surface area contributed by atoms with Crippen LogP contribution in [0.5, 0.6) is 0 Å². The molecule has 12 nitrogen and oxygen atoms in total. The highest BCUT2D eigenvalue weighted by molar-refractivity contribution is 7.13. The molecule has 0 radical (unpaired) electrons. The van der Waals surface area contributed by atoms with Crippen LogP contribution < -0.4 is 26.3 Å². The quantitative estimate of drug-likeness (QED) is 0.112. The molecular weight excluding hydrogens is 720 g/mol. The van der Waals surface area contributed by atoms with Crippen LogP contribution in [-0.4, -0.2) is 80.3 Å². The van der Waals surface area contributed by atoms with Crippen molar-refractivity contribution in [3.8, 4) is 10.6 Å². The average Bonchev–Trinajstić information content (AvgIpc) is 3.61. The van der Waals surface area contributed by atoms with E-state index in [2.05, 4.69) is 41.7 Å². The molecule has 1 aromatic heterocycles. The van der Waals surface area contributed by atoms with Gasteiger partial charge in [0.2, 0.25) is 5.91 Å². The van der Waals surface area contributed by atoms with E-state index in [1.807, 2.05) is 60.7 Å². The standard InChI is InChI=1S/C38H45FN4O8SSi/c1-37(2,3)51-36(48)43-28-19-18-24(20-27(28)39)34-42-31(23-52-34)33(46)40-29(21-44)32(45)41-30(35(47)49-7)22-50-53(38(4,5)6,25-14-10-8-11-15-25)26-16-12-9-13-17-26/h8-20,23,29-30,44H,21-22H2,1-7H3,(H,40,46)(H,41,45)(H,43,48). The first-order valence-electron chi connectivity index (χ1n) is 16.8. The number of nitrogens with one attached hydrogen (secondary N) is 3. The van der Waals surface area contributed by atoms with Crippen molar-refractivity contribution in [1.29, 1.82) is 0 Å². The number of halogens is 1. The summed E-state index contributed by atoms with van der Waals surface area (Å²) in [4.78, 5) is 56.0. The molecule has 0 aliphatic rings. The lowest BCUT2D eigenvalue weighted by molar-refractivity contribution is -0.146. The van der Waals surface area contributed by atoms with Crippen molar-refractivity contribution in [2.75, 3.05) is 25.6 Å². The monoisotopic (exact) mass is 764 g/mol. The second kappa shape index (κ2) is 17.2. The predicted octanol–water partition coefficient (Wildman–Crippen LogP) is 4.62. The summed E-state index contributed by atoms with van der Waals surface area (Å²) in [6.07, 6.45) is -0.815. The number of carbonyl (C=O) groups excluding carboxylic acids is 4. The minimum Gasteiger partial charge on any atom is -0.467 e. The highest BCUT2D eigenvalue weighted by Gasteiger charge is 2.50. The van der Waals surface area contributed by atoms with Crippen molar-refractivity contribution in [2.45, 2.75) is 64.3 Å². The molecule has 4 rings (SSSR count). The minimum absolute atomic E-state index is 0.0906. The number of aliphatic hydroxyl groups is 1. The van der Waals surface area contributed by atoms with Gasteiger partial charge in [0, 0.05) is 10.9 Å². The summed E-state index contributed by atoms with van der Waals surface area (Å²) in [5.74, 6) is -3.16. The van der Waals surface area contributed by atoms with Crippen LogP contribution in [0.4, 0.5) is 14.9 Å². The largest absolute Gasteiger partial charge is 0.467 e. The van der Waals surface area contributed by atoms with Gasteiger partial charge in [-0.1, -0.05) is 81.4 Å². The van der Waals surface area contributed by atoms with Gasteiger partial charge in [-0.3, -0.25) is 14.9 Å². The summed E-state index contributed by atoms with van der Waals surface area (Å²) < 4.78 is 31.9. The van der Waals surface area contributed by atoms with Crippen molar-refractivity contribution in [3.63, 3.8) is 0 Å². The van der Waals surface area contributed by atoms with Gasteiger partial charge in [0.25, 0.3) is 14.2 Å². The molecule has 2 atom stereocenters. The van der Waals surface area contributed by atoms with Crippen molar-refractivity contribution < 1.29 is 42.6 Å². The Morgan fingerprint density at radius 3 is 2.00 bits per heavy atom. The SMILES string of the molecule is COC(=O)C(CO[Si](c1ccccc1)(c1ccccc1)C(C)(C)C)NC(=O)C(CO)NC(=O)c1csc(-c2ccc(NC(=O)OC(C)(C)C)c(F)c2)n1. The van der Waals surface area contributed by atoms with E-state index < -0.39 is 67.3 Å². The third-order valence-corrected chi connectivity index (χ3v) is 14.0. The third kappa shape index (κ3) is 10.1. The molecule has 4 aromatic rings. The molecule has 3 amide bonds. The maximum Gasteiger partial charge on any atom is 0.412 e. The number of amides is 3. The number of thiazole rings is 1. The number of esters is 1. The van der Waals surface area contributed by atoms with Crippen molar-refractivity contribution >= 4 is 59.6 Å². The van der Waals surface area contributed by atoms with Crippen LogP contribution in [0.2, 0.25) is 5.04 Å².